The van der Waals surface area contributed by atoms with E-state index in [4.69, 9.17) is 16.3 Å². The Balaban J connectivity index is 2.26. The second-order valence-electron chi connectivity index (χ2n) is 3.56. The summed E-state index contributed by atoms with van der Waals surface area (Å²) in [5, 5.41) is 0. The summed E-state index contributed by atoms with van der Waals surface area (Å²) in [4.78, 5) is 0. The smallest absolute Gasteiger partial charge is 0.168 e. The van der Waals surface area contributed by atoms with E-state index in [1.165, 1.54) is 6.07 Å². The Morgan fingerprint density at radius 2 is 1.89 bits per heavy atom. The fraction of sp³-hybridized carbons (Fsp3) is 0.0769. The average molecular weight is 334 g/mol. The molecule has 2 aromatic rings. The van der Waals surface area contributed by atoms with Gasteiger partial charge >= 0.3 is 0 Å². The van der Waals surface area contributed by atoms with Crippen LogP contribution in [0.25, 0.3) is 0 Å². The second-order valence-corrected chi connectivity index (χ2v) is 4.69. The molecule has 0 aliphatic rings. The van der Waals surface area contributed by atoms with Crippen molar-refractivity contribution < 1.29 is 13.5 Å². The Labute approximate surface area is 116 Å². The van der Waals surface area contributed by atoms with Gasteiger partial charge in [-0.25, -0.2) is 8.78 Å². The summed E-state index contributed by atoms with van der Waals surface area (Å²) in [5.74, 6) is -0.597. The number of hydrogen-bond donors (Lipinski definition) is 0. The van der Waals surface area contributed by atoms with Crippen LogP contribution in [-0.4, -0.2) is 0 Å². The number of halogens is 4. The third-order valence-corrected chi connectivity index (χ3v) is 3.32. The van der Waals surface area contributed by atoms with Gasteiger partial charge in [0.25, 0.3) is 0 Å². The van der Waals surface area contributed by atoms with Crippen LogP contribution in [0.15, 0.2) is 40.9 Å². The van der Waals surface area contributed by atoms with E-state index in [0.717, 1.165) is 22.2 Å². The van der Waals surface area contributed by atoms with Crippen LogP contribution in [0.3, 0.4) is 0 Å². The zero-order valence-electron chi connectivity index (χ0n) is 9.09. The second kappa shape index (κ2) is 5.67. The van der Waals surface area contributed by atoms with E-state index in [-0.39, 0.29) is 5.75 Å². The third-order valence-electron chi connectivity index (χ3n) is 2.29. The topological polar surface area (TPSA) is 9.23 Å². The Morgan fingerprint density at radius 1 is 1.11 bits per heavy atom. The largest absolute Gasteiger partial charge is 0.454 e. The van der Waals surface area contributed by atoms with E-state index < -0.39 is 11.6 Å². The Morgan fingerprint density at radius 3 is 2.50 bits per heavy atom. The van der Waals surface area contributed by atoms with Crippen LogP contribution in [0.2, 0.25) is 0 Å². The molecule has 1 nitrogen and oxygen atoms in total. The van der Waals surface area contributed by atoms with Crippen LogP contribution in [0.4, 0.5) is 8.78 Å². The van der Waals surface area contributed by atoms with Gasteiger partial charge in [0.05, 0.1) is 0 Å². The van der Waals surface area contributed by atoms with Crippen molar-refractivity contribution in [2.45, 2.75) is 5.88 Å². The molecule has 0 aliphatic carbocycles. The molecule has 18 heavy (non-hydrogen) atoms. The molecule has 0 N–H and O–H groups in total. The van der Waals surface area contributed by atoms with E-state index >= 15 is 0 Å². The zero-order valence-corrected chi connectivity index (χ0v) is 11.4. The molecule has 5 heteroatoms. The van der Waals surface area contributed by atoms with Gasteiger partial charge in [-0.3, -0.25) is 0 Å². The maximum atomic E-state index is 13.4. The number of hydrogen-bond acceptors (Lipinski definition) is 1. The van der Waals surface area contributed by atoms with Crippen LogP contribution in [0.1, 0.15) is 5.56 Å². The highest BCUT2D eigenvalue weighted by Gasteiger charge is 2.07. The molecule has 0 radical (unpaired) electrons. The van der Waals surface area contributed by atoms with Crippen molar-refractivity contribution in [3.05, 3.63) is 58.1 Å². The molecule has 0 heterocycles. The first kappa shape index (κ1) is 13.3. The standard InChI is InChI=1S/C13H8BrClF2O/c14-11-6-10(3-1-8(11)7-15)18-13-4-2-9(16)5-12(13)17/h1-6H,7H2. The highest BCUT2D eigenvalue weighted by atomic mass is 79.9. The van der Waals surface area contributed by atoms with E-state index in [0.29, 0.717) is 11.6 Å². The lowest BCUT2D eigenvalue weighted by atomic mass is 10.2. The first-order chi connectivity index (χ1) is 8.60. The highest BCUT2D eigenvalue weighted by molar-refractivity contribution is 9.10. The van der Waals surface area contributed by atoms with Crippen LogP contribution >= 0.6 is 27.5 Å². The summed E-state index contributed by atoms with van der Waals surface area (Å²) in [5.41, 5.74) is 0.906. The SMILES string of the molecule is Fc1ccc(Oc2ccc(CCl)c(Br)c2)c(F)c1. The van der Waals surface area contributed by atoms with Crippen molar-refractivity contribution in [1.29, 1.82) is 0 Å². The van der Waals surface area contributed by atoms with Crippen molar-refractivity contribution in [2.24, 2.45) is 0 Å². The maximum absolute atomic E-state index is 13.4. The van der Waals surface area contributed by atoms with E-state index in [2.05, 4.69) is 15.9 Å². The lowest BCUT2D eigenvalue weighted by Gasteiger charge is -2.08. The molecule has 0 unspecified atom stereocenters. The predicted octanol–water partition coefficient (Wildman–Crippen LogP) is 5.26. The molecule has 2 rings (SSSR count). The predicted molar refractivity (Wildman–Crippen MR) is 70.1 cm³/mol. The number of benzene rings is 2. The van der Waals surface area contributed by atoms with Gasteiger partial charge in [0.15, 0.2) is 11.6 Å². The number of rotatable bonds is 3. The maximum Gasteiger partial charge on any atom is 0.168 e. The van der Waals surface area contributed by atoms with Crippen molar-refractivity contribution in [3.63, 3.8) is 0 Å². The first-order valence-corrected chi connectivity index (χ1v) is 6.40. The summed E-state index contributed by atoms with van der Waals surface area (Å²) in [6.45, 7) is 0. The fourth-order valence-electron chi connectivity index (χ4n) is 1.38. The van der Waals surface area contributed by atoms with Crippen molar-refractivity contribution in [3.8, 4) is 11.5 Å². The molecular formula is C13H8BrClF2O. The quantitative estimate of drug-likeness (QED) is 0.696. The van der Waals surface area contributed by atoms with Gasteiger partial charge in [-0.1, -0.05) is 22.0 Å². The highest BCUT2D eigenvalue weighted by Crippen LogP contribution is 2.29. The van der Waals surface area contributed by atoms with Gasteiger partial charge in [-0.05, 0) is 29.8 Å². The van der Waals surface area contributed by atoms with Crippen molar-refractivity contribution >= 4 is 27.5 Å². The summed E-state index contributed by atoms with van der Waals surface area (Å²) < 4.78 is 32.2. The van der Waals surface area contributed by atoms with Gasteiger partial charge in [0, 0.05) is 16.4 Å². The zero-order chi connectivity index (χ0) is 13.1. The first-order valence-electron chi connectivity index (χ1n) is 5.07. The van der Waals surface area contributed by atoms with Gasteiger partial charge in [-0.2, -0.15) is 0 Å². The van der Waals surface area contributed by atoms with E-state index in [9.17, 15) is 8.78 Å². The third kappa shape index (κ3) is 3.00. The molecule has 0 saturated heterocycles. The summed E-state index contributed by atoms with van der Waals surface area (Å²) >= 11 is 9.05. The minimum absolute atomic E-state index is 0.0260. The summed E-state index contributed by atoms with van der Waals surface area (Å²) in [6, 6.07) is 8.28. The number of alkyl halides is 1. The minimum Gasteiger partial charge on any atom is -0.454 e. The Kier molecular flexibility index (Phi) is 4.19. The van der Waals surface area contributed by atoms with Crippen molar-refractivity contribution in [2.75, 3.05) is 0 Å². The molecule has 2 aromatic carbocycles. The minimum atomic E-state index is -0.743. The van der Waals surface area contributed by atoms with E-state index in [1.54, 1.807) is 18.2 Å². The van der Waals surface area contributed by atoms with Gasteiger partial charge in [0.2, 0.25) is 0 Å². The fourth-order valence-corrected chi connectivity index (χ4v) is 2.28. The molecule has 0 saturated carbocycles. The summed E-state index contributed by atoms with van der Waals surface area (Å²) in [6.07, 6.45) is 0. The lowest BCUT2D eigenvalue weighted by Crippen LogP contribution is -1.90. The monoisotopic (exact) mass is 332 g/mol. The Hall–Kier alpha value is -1.13. The van der Waals surface area contributed by atoms with Gasteiger partial charge in [0.1, 0.15) is 11.6 Å². The van der Waals surface area contributed by atoms with Crippen LogP contribution in [0.5, 0.6) is 11.5 Å². The van der Waals surface area contributed by atoms with Gasteiger partial charge in [-0.15, -0.1) is 11.6 Å². The molecule has 0 aliphatic heterocycles. The molecule has 0 spiro atoms. The molecule has 94 valence electrons. The molecule has 0 bridgehead atoms. The average Bonchev–Trinajstić information content (AvgIpc) is 2.33. The van der Waals surface area contributed by atoms with Crippen LogP contribution < -0.4 is 4.74 Å². The molecular weight excluding hydrogens is 325 g/mol. The van der Waals surface area contributed by atoms with Crippen LogP contribution in [0, 0.1) is 11.6 Å². The number of ether oxygens (including phenoxy) is 1. The molecule has 0 atom stereocenters. The molecule has 0 aromatic heterocycles. The van der Waals surface area contributed by atoms with Crippen LogP contribution in [-0.2, 0) is 5.88 Å². The Bertz CT molecular complexity index is 575. The molecule has 0 fully saturated rings. The normalized spacial score (nSPS) is 10.4. The van der Waals surface area contributed by atoms with E-state index in [1.807, 2.05) is 0 Å². The van der Waals surface area contributed by atoms with Gasteiger partial charge < -0.3 is 4.74 Å². The molecule has 0 amide bonds. The summed E-state index contributed by atoms with van der Waals surface area (Å²) in [7, 11) is 0. The lowest BCUT2D eigenvalue weighted by molar-refractivity contribution is 0.437. The van der Waals surface area contributed by atoms with Crippen molar-refractivity contribution in [1.82, 2.24) is 0 Å².